The van der Waals surface area contributed by atoms with E-state index in [4.69, 9.17) is 0 Å². The molecule has 0 spiro atoms. The number of benzene rings is 1. The minimum atomic E-state index is -0.462. The predicted octanol–water partition coefficient (Wildman–Crippen LogP) is 3.56. The van der Waals surface area contributed by atoms with Gasteiger partial charge in [0.15, 0.2) is 0 Å². The molecule has 1 atom stereocenters. The molecule has 0 bridgehead atoms. The topological polar surface area (TPSA) is 20.2 Å². The number of hydrogen-bond acceptors (Lipinski definition) is 1. The quantitative estimate of drug-likeness (QED) is 0.706. The van der Waals surface area contributed by atoms with Crippen LogP contribution < -0.4 is 0 Å². The number of aliphatic hydroxyl groups is 1. The Balaban J connectivity index is 2.18. The molecule has 0 fully saturated rings. The molecular weight excluding hydrogens is 184 g/mol. The van der Waals surface area contributed by atoms with Crippen LogP contribution in [-0.4, -0.2) is 10.7 Å². The number of unbranched alkanes of at least 4 members (excludes halogenated alkanes) is 1. The van der Waals surface area contributed by atoms with Crippen molar-refractivity contribution in [3.8, 4) is 0 Å². The van der Waals surface area contributed by atoms with E-state index in [1.165, 1.54) is 12.0 Å². The molecular formula is C14H22O. The van der Waals surface area contributed by atoms with Crippen LogP contribution in [-0.2, 0) is 6.42 Å². The highest BCUT2D eigenvalue weighted by Crippen LogP contribution is 2.18. The normalized spacial score (nSPS) is 14.9. The number of rotatable bonds is 6. The van der Waals surface area contributed by atoms with Gasteiger partial charge in [-0.1, -0.05) is 43.7 Å². The molecule has 0 radical (unpaired) electrons. The molecule has 0 saturated heterocycles. The summed E-state index contributed by atoms with van der Waals surface area (Å²) < 4.78 is 0. The van der Waals surface area contributed by atoms with Gasteiger partial charge in [0.05, 0.1) is 5.60 Å². The highest BCUT2D eigenvalue weighted by Gasteiger charge is 2.15. The lowest BCUT2D eigenvalue weighted by Gasteiger charge is -2.20. The molecule has 1 aromatic rings. The Labute approximate surface area is 93.1 Å². The molecule has 84 valence electrons. The summed E-state index contributed by atoms with van der Waals surface area (Å²) in [6.45, 7) is 3.96. The minimum Gasteiger partial charge on any atom is -0.390 e. The summed E-state index contributed by atoms with van der Waals surface area (Å²) in [5.41, 5.74) is 0.935. The maximum absolute atomic E-state index is 9.82. The molecule has 1 rings (SSSR count). The molecule has 0 aromatic heterocycles. The molecule has 1 nitrogen and oxygen atoms in total. The van der Waals surface area contributed by atoms with Crippen molar-refractivity contribution in [3.05, 3.63) is 35.9 Å². The van der Waals surface area contributed by atoms with Crippen molar-refractivity contribution in [1.29, 1.82) is 0 Å². The van der Waals surface area contributed by atoms with Crippen molar-refractivity contribution >= 4 is 0 Å². The van der Waals surface area contributed by atoms with Crippen molar-refractivity contribution in [1.82, 2.24) is 0 Å². The second-order valence-corrected chi connectivity index (χ2v) is 4.54. The Bertz CT molecular complexity index is 264. The zero-order valence-electron chi connectivity index (χ0n) is 9.87. The Hall–Kier alpha value is -0.820. The lowest BCUT2D eigenvalue weighted by Crippen LogP contribution is -2.22. The van der Waals surface area contributed by atoms with Crippen LogP contribution in [0.25, 0.3) is 0 Å². The van der Waals surface area contributed by atoms with Gasteiger partial charge < -0.3 is 5.11 Å². The summed E-state index contributed by atoms with van der Waals surface area (Å²) in [6.07, 6.45) is 5.16. The average molecular weight is 206 g/mol. The summed E-state index contributed by atoms with van der Waals surface area (Å²) in [5, 5.41) is 9.82. The Kier molecular flexibility index (Phi) is 4.83. The fourth-order valence-corrected chi connectivity index (χ4v) is 1.66. The van der Waals surface area contributed by atoms with E-state index in [9.17, 15) is 5.11 Å². The third kappa shape index (κ3) is 4.98. The van der Waals surface area contributed by atoms with Crippen LogP contribution in [0.3, 0.4) is 0 Å². The van der Waals surface area contributed by atoms with E-state index in [0.29, 0.717) is 0 Å². The number of hydrogen-bond donors (Lipinski definition) is 1. The van der Waals surface area contributed by atoms with Gasteiger partial charge in [0.1, 0.15) is 0 Å². The third-order valence-corrected chi connectivity index (χ3v) is 3.04. The number of aryl methyl sites for hydroxylation is 1. The van der Waals surface area contributed by atoms with E-state index >= 15 is 0 Å². The van der Waals surface area contributed by atoms with Gasteiger partial charge >= 0.3 is 0 Å². The van der Waals surface area contributed by atoms with Gasteiger partial charge in [-0.15, -0.1) is 0 Å². The zero-order chi connectivity index (χ0) is 11.1. The maximum Gasteiger partial charge on any atom is 0.0617 e. The largest absolute Gasteiger partial charge is 0.390 e. The summed E-state index contributed by atoms with van der Waals surface area (Å²) in [4.78, 5) is 0. The summed E-state index contributed by atoms with van der Waals surface area (Å²) in [6, 6.07) is 10.5. The van der Waals surface area contributed by atoms with Gasteiger partial charge in [-0.05, 0) is 38.2 Å². The molecule has 0 aliphatic carbocycles. The first-order valence-electron chi connectivity index (χ1n) is 5.90. The standard InChI is InChI=1S/C14H22O/c1-3-14(2,15)12-8-7-11-13-9-5-4-6-10-13/h4-6,9-10,15H,3,7-8,11-12H2,1-2H3. The maximum atomic E-state index is 9.82. The van der Waals surface area contributed by atoms with E-state index in [0.717, 1.165) is 25.7 Å². The highest BCUT2D eigenvalue weighted by molar-refractivity contribution is 5.14. The fourth-order valence-electron chi connectivity index (χ4n) is 1.66. The lowest BCUT2D eigenvalue weighted by molar-refractivity contribution is 0.0444. The third-order valence-electron chi connectivity index (χ3n) is 3.04. The summed E-state index contributed by atoms with van der Waals surface area (Å²) in [7, 11) is 0. The molecule has 0 aliphatic heterocycles. The van der Waals surface area contributed by atoms with Crippen LogP contribution in [0.15, 0.2) is 30.3 Å². The van der Waals surface area contributed by atoms with Crippen LogP contribution in [0.5, 0.6) is 0 Å². The van der Waals surface area contributed by atoms with Crippen LogP contribution in [0.4, 0.5) is 0 Å². The van der Waals surface area contributed by atoms with Crippen molar-refractivity contribution in [2.45, 2.75) is 51.6 Å². The fraction of sp³-hybridized carbons (Fsp3) is 0.571. The lowest BCUT2D eigenvalue weighted by atomic mass is 9.95. The van der Waals surface area contributed by atoms with E-state index in [1.54, 1.807) is 0 Å². The van der Waals surface area contributed by atoms with E-state index in [-0.39, 0.29) is 0 Å². The van der Waals surface area contributed by atoms with Crippen LogP contribution in [0.1, 0.15) is 45.1 Å². The molecule has 0 heterocycles. The Morgan fingerprint density at radius 3 is 2.40 bits per heavy atom. The zero-order valence-corrected chi connectivity index (χ0v) is 9.87. The molecule has 0 amide bonds. The highest BCUT2D eigenvalue weighted by atomic mass is 16.3. The second-order valence-electron chi connectivity index (χ2n) is 4.54. The molecule has 1 heteroatoms. The van der Waals surface area contributed by atoms with Crippen molar-refractivity contribution in [2.75, 3.05) is 0 Å². The molecule has 1 unspecified atom stereocenters. The van der Waals surface area contributed by atoms with E-state index in [1.807, 2.05) is 19.9 Å². The molecule has 1 N–H and O–H groups in total. The first-order chi connectivity index (χ1) is 7.14. The molecule has 15 heavy (non-hydrogen) atoms. The first-order valence-corrected chi connectivity index (χ1v) is 5.90. The van der Waals surface area contributed by atoms with Crippen molar-refractivity contribution < 1.29 is 5.11 Å². The van der Waals surface area contributed by atoms with Gasteiger partial charge in [-0.2, -0.15) is 0 Å². The monoisotopic (exact) mass is 206 g/mol. The molecule has 0 aliphatic rings. The SMILES string of the molecule is CCC(C)(O)CCCCc1ccccc1. The first kappa shape index (κ1) is 12.3. The van der Waals surface area contributed by atoms with Crippen LogP contribution >= 0.6 is 0 Å². The van der Waals surface area contributed by atoms with Crippen molar-refractivity contribution in [3.63, 3.8) is 0 Å². The summed E-state index contributed by atoms with van der Waals surface area (Å²) in [5.74, 6) is 0. The van der Waals surface area contributed by atoms with Crippen LogP contribution in [0.2, 0.25) is 0 Å². The Morgan fingerprint density at radius 2 is 1.80 bits per heavy atom. The molecule has 1 aromatic carbocycles. The predicted molar refractivity (Wildman–Crippen MR) is 64.9 cm³/mol. The second kappa shape index (κ2) is 5.92. The van der Waals surface area contributed by atoms with E-state index < -0.39 is 5.60 Å². The Morgan fingerprint density at radius 1 is 1.13 bits per heavy atom. The van der Waals surface area contributed by atoms with Gasteiger partial charge in [0.25, 0.3) is 0 Å². The summed E-state index contributed by atoms with van der Waals surface area (Å²) >= 11 is 0. The van der Waals surface area contributed by atoms with Crippen LogP contribution in [0, 0.1) is 0 Å². The average Bonchev–Trinajstić information content (AvgIpc) is 2.26. The van der Waals surface area contributed by atoms with E-state index in [2.05, 4.69) is 24.3 Å². The molecule has 0 saturated carbocycles. The van der Waals surface area contributed by atoms with Gasteiger partial charge in [0, 0.05) is 0 Å². The van der Waals surface area contributed by atoms with Gasteiger partial charge in [-0.25, -0.2) is 0 Å². The minimum absolute atomic E-state index is 0.462. The van der Waals surface area contributed by atoms with Gasteiger partial charge in [-0.3, -0.25) is 0 Å². The van der Waals surface area contributed by atoms with Crippen molar-refractivity contribution in [2.24, 2.45) is 0 Å². The smallest absolute Gasteiger partial charge is 0.0617 e. The van der Waals surface area contributed by atoms with Gasteiger partial charge in [0.2, 0.25) is 0 Å².